The zero-order chi connectivity index (χ0) is 15.4. The van der Waals surface area contributed by atoms with E-state index in [1.807, 2.05) is 35.0 Å². The highest BCUT2D eigenvalue weighted by Crippen LogP contribution is 2.20. The summed E-state index contributed by atoms with van der Waals surface area (Å²) >= 11 is 0. The molecule has 0 aliphatic rings. The summed E-state index contributed by atoms with van der Waals surface area (Å²) in [4.78, 5) is 0. The fourth-order valence-electron chi connectivity index (χ4n) is 2.51. The first-order chi connectivity index (χ1) is 10.8. The second-order valence-corrected chi connectivity index (χ2v) is 5.55. The van der Waals surface area contributed by atoms with E-state index in [-0.39, 0.29) is 0 Å². The summed E-state index contributed by atoms with van der Waals surface area (Å²) in [5.41, 5.74) is 4.54. The number of fused-ring (bicyclic) bond motifs is 1. The van der Waals surface area contributed by atoms with Crippen LogP contribution in [0.2, 0.25) is 0 Å². The van der Waals surface area contributed by atoms with Crippen LogP contribution < -0.4 is 4.74 Å². The van der Waals surface area contributed by atoms with Crippen LogP contribution in [0.5, 0.6) is 5.75 Å². The summed E-state index contributed by atoms with van der Waals surface area (Å²) in [5, 5.41) is 8.37. The van der Waals surface area contributed by atoms with Gasteiger partial charge in [0.25, 0.3) is 0 Å². The second kappa shape index (κ2) is 6.60. The highest BCUT2D eigenvalue weighted by atomic mass is 16.5. The predicted octanol–water partition coefficient (Wildman–Crippen LogP) is 3.91. The van der Waals surface area contributed by atoms with Crippen LogP contribution in [-0.4, -0.2) is 21.6 Å². The predicted molar refractivity (Wildman–Crippen MR) is 88.2 cm³/mol. The van der Waals surface area contributed by atoms with E-state index in [4.69, 9.17) is 4.74 Å². The fraction of sp³-hybridized carbons (Fsp3) is 0.333. The van der Waals surface area contributed by atoms with E-state index in [9.17, 15) is 0 Å². The third kappa shape index (κ3) is 3.11. The molecule has 4 nitrogen and oxygen atoms in total. The minimum Gasteiger partial charge on any atom is -0.493 e. The number of nitrogens with zero attached hydrogens (tertiary/aromatic N) is 3. The van der Waals surface area contributed by atoms with Gasteiger partial charge in [0.1, 0.15) is 11.3 Å². The molecule has 4 heteroatoms. The molecule has 0 atom stereocenters. The lowest BCUT2D eigenvalue weighted by molar-refractivity contribution is 0.300. The van der Waals surface area contributed by atoms with Crippen LogP contribution >= 0.6 is 0 Å². The van der Waals surface area contributed by atoms with E-state index in [0.717, 1.165) is 42.8 Å². The number of aromatic nitrogens is 3. The average molecular weight is 295 g/mol. The van der Waals surface area contributed by atoms with Gasteiger partial charge in [-0.3, -0.25) is 0 Å². The third-order valence-corrected chi connectivity index (χ3v) is 4.00. The Bertz CT molecular complexity index is 764. The van der Waals surface area contributed by atoms with Gasteiger partial charge >= 0.3 is 0 Å². The molecule has 1 heterocycles. The molecule has 0 N–H and O–H groups in total. The summed E-state index contributed by atoms with van der Waals surface area (Å²) in [6.45, 7) is 5.82. The van der Waals surface area contributed by atoms with Crippen LogP contribution in [0.1, 0.15) is 24.0 Å². The molecule has 0 amide bonds. The minimum absolute atomic E-state index is 0.733. The van der Waals surface area contributed by atoms with Crippen molar-refractivity contribution < 1.29 is 4.74 Å². The van der Waals surface area contributed by atoms with E-state index in [1.165, 1.54) is 11.1 Å². The molecule has 0 saturated carbocycles. The minimum atomic E-state index is 0.733. The van der Waals surface area contributed by atoms with Gasteiger partial charge in [-0.15, -0.1) is 5.10 Å². The largest absolute Gasteiger partial charge is 0.493 e. The lowest BCUT2D eigenvalue weighted by Gasteiger charge is -2.10. The summed E-state index contributed by atoms with van der Waals surface area (Å²) < 4.78 is 7.84. The molecule has 0 fully saturated rings. The van der Waals surface area contributed by atoms with Gasteiger partial charge < -0.3 is 4.74 Å². The molecule has 1 aromatic heterocycles. The smallest absolute Gasteiger partial charge is 0.122 e. The Morgan fingerprint density at radius 3 is 2.77 bits per heavy atom. The van der Waals surface area contributed by atoms with Crippen molar-refractivity contribution in [2.75, 3.05) is 6.61 Å². The van der Waals surface area contributed by atoms with Crippen molar-refractivity contribution >= 4 is 11.0 Å². The fourth-order valence-corrected chi connectivity index (χ4v) is 2.51. The summed E-state index contributed by atoms with van der Waals surface area (Å²) in [6.07, 6.45) is 2.03. The van der Waals surface area contributed by atoms with Crippen LogP contribution in [-0.2, 0) is 6.54 Å². The van der Waals surface area contributed by atoms with Gasteiger partial charge in [-0.2, -0.15) is 0 Å². The first kappa shape index (κ1) is 14.6. The molecule has 2 aromatic carbocycles. The Morgan fingerprint density at radius 1 is 1.00 bits per heavy atom. The number of ether oxygens (including phenoxy) is 1. The van der Waals surface area contributed by atoms with E-state index < -0.39 is 0 Å². The third-order valence-electron chi connectivity index (χ3n) is 4.00. The molecule has 3 rings (SSSR count). The Balaban J connectivity index is 1.49. The van der Waals surface area contributed by atoms with Gasteiger partial charge in [-0.25, -0.2) is 4.68 Å². The Hall–Kier alpha value is -2.36. The van der Waals surface area contributed by atoms with Crippen molar-refractivity contribution in [2.24, 2.45) is 0 Å². The molecular weight excluding hydrogens is 274 g/mol. The van der Waals surface area contributed by atoms with E-state index in [1.54, 1.807) is 0 Å². The molecule has 0 bridgehead atoms. The van der Waals surface area contributed by atoms with Crippen LogP contribution in [0.3, 0.4) is 0 Å². The van der Waals surface area contributed by atoms with E-state index in [0.29, 0.717) is 0 Å². The first-order valence-corrected chi connectivity index (χ1v) is 7.73. The SMILES string of the molecule is Cc1cccc(OCCCCn2nnc3ccccc32)c1C. The van der Waals surface area contributed by atoms with E-state index in [2.05, 4.69) is 36.3 Å². The molecule has 114 valence electrons. The topological polar surface area (TPSA) is 39.9 Å². The highest BCUT2D eigenvalue weighted by molar-refractivity contribution is 5.73. The quantitative estimate of drug-likeness (QED) is 0.647. The maximum Gasteiger partial charge on any atom is 0.122 e. The number of para-hydroxylation sites is 1. The van der Waals surface area contributed by atoms with Crippen LogP contribution in [0, 0.1) is 13.8 Å². The van der Waals surface area contributed by atoms with Crippen molar-refractivity contribution in [1.29, 1.82) is 0 Å². The number of rotatable bonds is 6. The van der Waals surface area contributed by atoms with Gasteiger partial charge in [0, 0.05) is 6.54 Å². The van der Waals surface area contributed by atoms with Crippen LogP contribution in [0.4, 0.5) is 0 Å². The molecular formula is C18H21N3O. The Morgan fingerprint density at radius 2 is 1.86 bits per heavy atom. The Kier molecular flexibility index (Phi) is 4.37. The van der Waals surface area contributed by atoms with Gasteiger partial charge in [0.05, 0.1) is 12.1 Å². The molecule has 22 heavy (non-hydrogen) atoms. The molecule has 0 spiro atoms. The molecule has 0 saturated heterocycles. The summed E-state index contributed by atoms with van der Waals surface area (Å²) in [7, 11) is 0. The van der Waals surface area contributed by atoms with Crippen molar-refractivity contribution in [1.82, 2.24) is 15.0 Å². The lowest BCUT2D eigenvalue weighted by Crippen LogP contribution is -2.04. The zero-order valence-corrected chi connectivity index (χ0v) is 13.1. The number of benzene rings is 2. The number of hydrogen-bond acceptors (Lipinski definition) is 3. The zero-order valence-electron chi connectivity index (χ0n) is 13.1. The summed E-state index contributed by atoms with van der Waals surface area (Å²) in [5.74, 6) is 0.992. The van der Waals surface area contributed by atoms with Crippen molar-refractivity contribution in [2.45, 2.75) is 33.2 Å². The van der Waals surface area contributed by atoms with Gasteiger partial charge in [-0.05, 0) is 56.0 Å². The average Bonchev–Trinajstić information content (AvgIpc) is 2.94. The maximum atomic E-state index is 5.88. The standard InChI is InChI=1S/C18H21N3O/c1-14-8-7-11-18(15(14)2)22-13-6-5-12-21-17-10-4-3-9-16(17)19-20-21/h3-4,7-11H,5-6,12-13H2,1-2H3. The first-order valence-electron chi connectivity index (χ1n) is 7.73. The molecule has 3 aromatic rings. The molecule has 0 radical (unpaired) electrons. The van der Waals surface area contributed by atoms with Crippen LogP contribution in [0.25, 0.3) is 11.0 Å². The number of unbranched alkanes of at least 4 members (excludes halogenated alkanes) is 1. The maximum absolute atomic E-state index is 5.88. The van der Waals surface area contributed by atoms with Crippen molar-refractivity contribution in [3.8, 4) is 5.75 Å². The Labute approximate surface area is 130 Å². The molecule has 0 unspecified atom stereocenters. The second-order valence-electron chi connectivity index (χ2n) is 5.55. The summed E-state index contributed by atoms with van der Waals surface area (Å²) in [6, 6.07) is 14.2. The normalized spacial score (nSPS) is 11.0. The van der Waals surface area contributed by atoms with Gasteiger partial charge in [0.2, 0.25) is 0 Å². The van der Waals surface area contributed by atoms with Crippen molar-refractivity contribution in [3.63, 3.8) is 0 Å². The van der Waals surface area contributed by atoms with E-state index >= 15 is 0 Å². The van der Waals surface area contributed by atoms with Gasteiger partial charge in [0.15, 0.2) is 0 Å². The molecule has 0 aliphatic heterocycles. The number of aryl methyl sites for hydroxylation is 2. The van der Waals surface area contributed by atoms with Crippen LogP contribution in [0.15, 0.2) is 42.5 Å². The highest BCUT2D eigenvalue weighted by Gasteiger charge is 2.04. The van der Waals surface area contributed by atoms with Gasteiger partial charge in [-0.1, -0.05) is 29.5 Å². The molecule has 0 aliphatic carbocycles. The van der Waals surface area contributed by atoms with Crippen molar-refractivity contribution in [3.05, 3.63) is 53.6 Å². The lowest BCUT2D eigenvalue weighted by atomic mass is 10.1. The number of hydrogen-bond donors (Lipinski definition) is 0. The monoisotopic (exact) mass is 295 g/mol.